The molecule has 2 aromatic heterocycles. The van der Waals surface area contributed by atoms with Crippen molar-refractivity contribution in [2.75, 3.05) is 7.05 Å². The number of aliphatic imine (C=N–C) groups is 1. The molecular formula is C18H22N6O. The summed E-state index contributed by atoms with van der Waals surface area (Å²) >= 11 is 0. The Morgan fingerprint density at radius 2 is 2.20 bits per heavy atom. The first-order chi connectivity index (χ1) is 12.2. The van der Waals surface area contributed by atoms with E-state index >= 15 is 0 Å². The van der Waals surface area contributed by atoms with Gasteiger partial charge >= 0.3 is 0 Å². The van der Waals surface area contributed by atoms with Gasteiger partial charge in [-0.2, -0.15) is 5.10 Å². The number of aromatic amines is 1. The van der Waals surface area contributed by atoms with Gasteiger partial charge in [0.2, 0.25) is 0 Å². The standard InChI is InChI=1S/C18H22N6O/c1-12-7-8-16(25-12)13(2)23-18(19-3)20-10-14-5-4-6-15(9-14)17-21-11-22-24-17/h4-9,11,13H,10H2,1-3H3,(H2,19,20,23)(H,21,22,24). The zero-order valence-electron chi connectivity index (χ0n) is 14.6. The quantitative estimate of drug-likeness (QED) is 0.491. The van der Waals surface area contributed by atoms with Gasteiger partial charge in [0, 0.05) is 19.2 Å². The molecule has 0 saturated carbocycles. The van der Waals surface area contributed by atoms with Gasteiger partial charge in [-0.1, -0.05) is 18.2 Å². The Balaban J connectivity index is 1.61. The number of hydrogen-bond acceptors (Lipinski definition) is 4. The van der Waals surface area contributed by atoms with E-state index < -0.39 is 0 Å². The van der Waals surface area contributed by atoms with E-state index in [2.05, 4.69) is 42.9 Å². The molecule has 1 aromatic carbocycles. The highest BCUT2D eigenvalue weighted by Crippen LogP contribution is 2.16. The van der Waals surface area contributed by atoms with Gasteiger partial charge in [0.25, 0.3) is 0 Å². The Hall–Kier alpha value is -3.09. The molecule has 0 bridgehead atoms. The number of aryl methyl sites for hydroxylation is 1. The maximum atomic E-state index is 5.65. The van der Waals surface area contributed by atoms with Gasteiger partial charge < -0.3 is 15.1 Å². The van der Waals surface area contributed by atoms with Crippen LogP contribution in [0.1, 0.15) is 30.0 Å². The van der Waals surface area contributed by atoms with E-state index in [0.717, 1.165) is 28.5 Å². The van der Waals surface area contributed by atoms with Gasteiger partial charge in [0.05, 0.1) is 6.04 Å². The summed E-state index contributed by atoms with van der Waals surface area (Å²) in [4.78, 5) is 8.45. The summed E-state index contributed by atoms with van der Waals surface area (Å²) in [6.45, 7) is 4.62. The van der Waals surface area contributed by atoms with Crippen molar-refractivity contribution in [1.29, 1.82) is 0 Å². The molecule has 0 spiro atoms. The zero-order chi connectivity index (χ0) is 17.6. The highest BCUT2D eigenvalue weighted by atomic mass is 16.3. The van der Waals surface area contributed by atoms with Crippen molar-refractivity contribution < 1.29 is 4.42 Å². The summed E-state index contributed by atoms with van der Waals surface area (Å²) in [5, 5.41) is 13.4. The fourth-order valence-corrected chi connectivity index (χ4v) is 2.52. The molecule has 0 aliphatic heterocycles. The minimum atomic E-state index is 0.0282. The van der Waals surface area contributed by atoms with Crippen LogP contribution in [-0.2, 0) is 6.54 Å². The van der Waals surface area contributed by atoms with Crippen LogP contribution >= 0.6 is 0 Å². The monoisotopic (exact) mass is 338 g/mol. The lowest BCUT2D eigenvalue weighted by Crippen LogP contribution is -2.38. The van der Waals surface area contributed by atoms with Crippen molar-refractivity contribution in [2.24, 2.45) is 4.99 Å². The highest BCUT2D eigenvalue weighted by Gasteiger charge is 2.11. The number of H-pyrrole nitrogens is 1. The lowest BCUT2D eigenvalue weighted by atomic mass is 10.1. The van der Waals surface area contributed by atoms with Gasteiger partial charge in [-0.3, -0.25) is 10.1 Å². The van der Waals surface area contributed by atoms with E-state index in [1.807, 2.05) is 38.1 Å². The fraction of sp³-hybridized carbons (Fsp3) is 0.278. The van der Waals surface area contributed by atoms with Crippen LogP contribution in [0.15, 0.2) is 52.1 Å². The Morgan fingerprint density at radius 3 is 2.88 bits per heavy atom. The molecule has 7 heteroatoms. The SMILES string of the molecule is CN=C(NCc1cccc(-c2ncn[nH]2)c1)NC(C)c1ccc(C)o1. The first kappa shape index (κ1) is 16.8. The lowest BCUT2D eigenvalue weighted by Gasteiger charge is -2.16. The largest absolute Gasteiger partial charge is 0.464 e. The number of furan rings is 1. The summed E-state index contributed by atoms with van der Waals surface area (Å²) in [6.07, 6.45) is 1.50. The van der Waals surface area contributed by atoms with Gasteiger partial charge in [0.15, 0.2) is 11.8 Å². The predicted molar refractivity (Wildman–Crippen MR) is 97.0 cm³/mol. The van der Waals surface area contributed by atoms with Crippen LogP contribution < -0.4 is 10.6 Å². The molecule has 0 aliphatic rings. The first-order valence-electron chi connectivity index (χ1n) is 8.14. The minimum absolute atomic E-state index is 0.0282. The Labute approximate surface area is 146 Å². The van der Waals surface area contributed by atoms with E-state index in [1.165, 1.54) is 6.33 Å². The van der Waals surface area contributed by atoms with E-state index in [-0.39, 0.29) is 6.04 Å². The van der Waals surface area contributed by atoms with Crippen LogP contribution in [0.4, 0.5) is 0 Å². The van der Waals surface area contributed by atoms with Gasteiger partial charge in [-0.15, -0.1) is 0 Å². The molecular weight excluding hydrogens is 316 g/mol. The molecule has 0 aliphatic carbocycles. The molecule has 2 heterocycles. The Morgan fingerprint density at radius 1 is 1.32 bits per heavy atom. The van der Waals surface area contributed by atoms with Crippen molar-refractivity contribution in [3.63, 3.8) is 0 Å². The van der Waals surface area contributed by atoms with E-state index in [4.69, 9.17) is 4.42 Å². The Kier molecular flexibility index (Phi) is 5.13. The topological polar surface area (TPSA) is 91.1 Å². The normalized spacial score (nSPS) is 12.8. The van der Waals surface area contributed by atoms with E-state index in [1.54, 1.807) is 7.05 Å². The van der Waals surface area contributed by atoms with Crippen molar-refractivity contribution in [2.45, 2.75) is 26.4 Å². The molecule has 3 rings (SSSR count). The second-order valence-electron chi connectivity index (χ2n) is 5.77. The molecule has 0 radical (unpaired) electrons. The second-order valence-corrected chi connectivity index (χ2v) is 5.77. The molecule has 130 valence electrons. The molecule has 1 atom stereocenters. The number of rotatable bonds is 5. The second kappa shape index (κ2) is 7.65. The zero-order valence-corrected chi connectivity index (χ0v) is 14.6. The number of nitrogens with one attached hydrogen (secondary N) is 3. The maximum absolute atomic E-state index is 5.65. The molecule has 25 heavy (non-hydrogen) atoms. The average Bonchev–Trinajstić information content (AvgIpc) is 3.30. The van der Waals surface area contributed by atoms with Crippen molar-refractivity contribution >= 4 is 5.96 Å². The van der Waals surface area contributed by atoms with Crippen LogP contribution in [0, 0.1) is 6.92 Å². The van der Waals surface area contributed by atoms with Gasteiger partial charge in [-0.25, -0.2) is 4.98 Å². The number of nitrogens with zero attached hydrogens (tertiary/aromatic N) is 3. The summed E-state index contributed by atoms with van der Waals surface area (Å²) < 4.78 is 5.65. The molecule has 3 N–H and O–H groups in total. The molecule has 0 amide bonds. The van der Waals surface area contributed by atoms with Crippen LogP contribution in [0.2, 0.25) is 0 Å². The summed E-state index contributed by atoms with van der Waals surface area (Å²) in [7, 11) is 1.75. The molecule has 7 nitrogen and oxygen atoms in total. The first-order valence-corrected chi connectivity index (χ1v) is 8.14. The smallest absolute Gasteiger partial charge is 0.191 e. The third-order valence-corrected chi connectivity index (χ3v) is 3.84. The molecule has 0 fully saturated rings. The third-order valence-electron chi connectivity index (χ3n) is 3.84. The van der Waals surface area contributed by atoms with Crippen LogP contribution in [0.5, 0.6) is 0 Å². The van der Waals surface area contributed by atoms with Crippen molar-refractivity contribution in [3.8, 4) is 11.4 Å². The summed E-state index contributed by atoms with van der Waals surface area (Å²) in [5.74, 6) is 3.25. The fourth-order valence-electron chi connectivity index (χ4n) is 2.52. The number of benzene rings is 1. The van der Waals surface area contributed by atoms with Crippen LogP contribution in [0.25, 0.3) is 11.4 Å². The Bertz CT molecular complexity index is 837. The van der Waals surface area contributed by atoms with Crippen LogP contribution in [-0.4, -0.2) is 28.2 Å². The molecule has 3 aromatic rings. The third kappa shape index (κ3) is 4.26. The summed E-state index contributed by atoms with van der Waals surface area (Å²) in [6, 6.07) is 12.1. The number of hydrogen-bond donors (Lipinski definition) is 3. The maximum Gasteiger partial charge on any atom is 0.191 e. The molecule has 0 saturated heterocycles. The molecule has 1 unspecified atom stereocenters. The lowest BCUT2D eigenvalue weighted by molar-refractivity contribution is 0.441. The highest BCUT2D eigenvalue weighted by molar-refractivity contribution is 5.80. The number of aromatic nitrogens is 3. The van der Waals surface area contributed by atoms with Crippen molar-refractivity contribution in [1.82, 2.24) is 25.8 Å². The average molecular weight is 338 g/mol. The predicted octanol–water partition coefficient (Wildman–Crippen LogP) is 2.80. The van der Waals surface area contributed by atoms with Crippen molar-refractivity contribution in [3.05, 3.63) is 59.8 Å². The minimum Gasteiger partial charge on any atom is -0.464 e. The van der Waals surface area contributed by atoms with E-state index in [0.29, 0.717) is 12.5 Å². The number of guanidine groups is 1. The van der Waals surface area contributed by atoms with Gasteiger partial charge in [-0.05, 0) is 37.6 Å². The summed E-state index contributed by atoms with van der Waals surface area (Å²) in [5.41, 5.74) is 2.12. The van der Waals surface area contributed by atoms with Crippen LogP contribution in [0.3, 0.4) is 0 Å². The van der Waals surface area contributed by atoms with Gasteiger partial charge in [0.1, 0.15) is 17.8 Å². The van der Waals surface area contributed by atoms with E-state index in [9.17, 15) is 0 Å².